The highest BCUT2D eigenvalue weighted by molar-refractivity contribution is 6.31. The van der Waals surface area contributed by atoms with Gasteiger partial charge in [-0.05, 0) is 32.0 Å². The van der Waals surface area contributed by atoms with Crippen molar-refractivity contribution in [2.24, 2.45) is 0 Å². The summed E-state index contributed by atoms with van der Waals surface area (Å²) in [5, 5.41) is 31.1. The van der Waals surface area contributed by atoms with Crippen molar-refractivity contribution in [1.82, 2.24) is 10.3 Å². The highest BCUT2D eigenvalue weighted by Gasteiger charge is 2.37. The minimum atomic E-state index is -1.57. The SMILES string of the molecule is OC[C@H](O)[C@@H](O)c1cnc(C2(F)CCNCC2)c(Cl)c1. The van der Waals surface area contributed by atoms with E-state index in [1.807, 2.05) is 0 Å². The lowest BCUT2D eigenvalue weighted by atomic mass is 9.90. The first-order chi connectivity index (χ1) is 9.48. The van der Waals surface area contributed by atoms with Gasteiger partial charge in [-0.15, -0.1) is 0 Å². The number of hydrogen-bond donors (Lipinski definition) is 4. The molecule has 1 aliphatic rings. The summed E-state index contributed by atoms with van der Waals surface area (Å²) in [5.74, 6) is 0. The first-order valence-electron chi connectivity index (χ1n) is 6.50. The molecule has 0 aromatic carbocycles. The Labute approximate surface area is 121 Å². The minimum Gasteiger partial charge on any atom is -0.394 e. The van der Waals surface area contributed by atoms with E-state index in [4.69, 9.17) is 16.7 Å². The van der Waals surface area contributed by atoms with Crippen LogP contribution in [0.2, 0.25) is 5.02 Å². The van der Waals surface area contributed by atoms with Crippen molar-refractivity contribution in [3.05, 3.63) is 28.5 Å². The van der Waals surface area contributed by atoms with Gasteiger partial charge < -0.3 is 20.6 Å². The van der Waals surface area contributed by atoms with Crippen molar-refractivity contribution >= 4 is 11.6 Å². The van der Waals surface area contributed by atoms with Crippen LogP contribution in [-0.4, -0.2) is 46.1 Å². The van der Waals surface area contributed by atoms with Gasteiger partial charge in [-0.1, -0.05) is 11.6 Å². The first kappa shape index (κ1) is 15.6. The molecule has 0 saturated carbocycles. The molecule has 1 aromatic heterocycles. The molecule has 5 nitrogen and oxygen atoms in total. The van der Waals surface area contributed by atoms with E-state index >= 15 is 0 Å². The number of halogens is 2. The van der Waals surface area contributed by atoms with Gasteiger partial charge in [-0.25, -0.2) is 4.39 Å². The summed E-state index contributed by atoms with van der Waals surface area (Å²) in [6.45, 7) is 0.531. The molecule has 0 unspecified atom stereocenters. The van der Waals surface area contributed by atoms with E-state index in [9.17, 15) is 14.6 Å². The van der Waals surface area contributed by atoms with Gasteiger partial charge in [0.1, 0.15) is 12.2 Å². The number of nitrogens with one attached hydrogen (secondary N) is 1. The second-order valence-corrected chi connectivity index (χ2v) is 5.42. The second-order valence-electron chi connectivity index (χ2n) is 5.01. The third kappa shape index (κ3) is 3.10. The fourth-order valence-electron chi connectivity index (χ4n) is 2.33. The number of alkyl halides is 1. The number of pyridine rings is 1. The van der Waals surface area contributed by atoms with Crippen LogP contribution in [0, 0.1) is 0 Å². The molecule has 2 rings (SSSR count). The number of aromatic nitrogens is 1. The Balaban J connectivity index is 2.25. The van der Waals surface area contributed by atoms with Crippen LogP contribution in [0.1, 0.15) is 30.2 Å². The van der Waals surface area contributed by atoms with Crippen molar-refractivity contribution in [2.75, 3.05) is 19.7 Å². The summed E-state index contributed by atoms with van der Waals surface area (Å²) in [5.41, 5.74) is -1.16. The molecule has 1 aliphatic heterocycles. The second kappa shape index (κ2) is 6.32. The van der Waals surface area contributed by atoms with Crippen molar-refractivity contribution in [3.8, 4) is 0 Å². The van der Waals surface area contributed by atoms with Crippen LogP contribution in [0.15, 0.2) is 12.3 Å². The third-order valence-corrected chi connectivity index (χ3v) is 3.86. The van der Waals surface area contributed by atoms with E-state index in [1.54, 1.807) is 0 Å². The van der Waals surface area contributed by atoms with Crippen molar-refractivity contribution in [3.63, 3.8) is 0 Å². The lowest BCUT2D eigenvalue weighted by Gasteiger charge is -2.30. The van der Waals surface area contributed by atoms with Gasteiger partial charge in [0, 0.05) is 11.8 Å². The van der Waals surface area contributed by atoms with Crippen LogP contribution < -0.4 is 5.32 Å². The lowest BCUT2D eigenvalue weighted by Crippen LogP contribution is -2.37. The van der Waals surface area contributed by atoms with E-state index in [1.165, 1.54) is 12.3 Å². The molecule has 1 aromatic rings. The number of aliphatic hydroxyl groups excluding tert-OH is 3. The van der Waals surface area contributed by atoms with Crippen LogP contribution in [0.4, 0.5) is 4.39 Å². The van der Waals surface area contributed by atoms with E-state index in [0.717, 1.165) is 0 Å². The fraction of sp³-hybridized carbons (Fsp3) is 0.615. The topological polar surface area (TPSA) is 85.6 Å². The molecule has 112 valence electrons. The summed E-state index contributed by atoms with van der Waals surface area (Å²) >= 11 is 6.07. The Morgan fingerprint density at radius 2 is 2.05 bits per heavy atom. The van der Waals surface area contributed by atoms with Gasteiger partial charge in [0.15, 0.2) is 5.67 Å². The van der Waals surface area contributed by atoms with Gasteiger partial charge in [-0.2, -0.15) is 0 Å². The van der Waals surface area contributed by atoms with Gasteiger partial charge in [0.05, 0.1) is 17.3 Å². The molecule has 2 heterocycles. The molecule has 4 N–H and O–H groups in total. The van der Waals surface area contributed by atoms with Crippen molar-refractivity contribution < 1.29 is 19.7 Å². The Morgan fingerprint density at radius 1 is 1.40 bits per heavy atom. The van der Waals surface area contributed by atoms with Crippen LogP contribution >= 0.6 is 11.6 Å². The van der Waals surface area contributed by atoms with E-state index in [0.29, 0.717) is 25.9 Å². The zero-order valence-electron chi connectivity index (χ0n) is 10.9. The van der Waals surface area contributed by atoms with Crippen molar-refractivity contribution in [2.45, 2.75) is 30.7 Å². The molecule has 0 spiro atoms. The highest BCUT2D eigenvalue weighted by atomic mass is 35.5. The minimum absolute atomic E-state index is 0.121. The van der Waals surface area contributed by atoms with E-state index in [-0.39, 0.29) is 16.3 Å². The first-order valence-corrected chi connectivity index (χ1v) is 6.88. The molecule has 0 radical (unpaired) electrons. The Morgan fingerprint density at radius 3 is 2.60 bits per heavy atom. The monoisotopic (exact) mass is 304 g/mol. The number of piperidine rings is 1. The Bertz CT molecular complexity index is 469. The molecular formula is C13H18ClFN2O3. The summed E-state index contributed by atoms with van der Waals surface area (Å²) in [6.07, 6.45) is -0.754. The average Bonchev–Trinajstić information content (AvgIpc) is 2.46. The van der Waals surface area contributed by atoms with Gasteiger partial charge in [-0.3, -0.25) is 4.98 Å². The molecule has 0 aliphatic carbocycles. The van der Waals surface area contributed by atoms with Crippen LogP contribution in [0.5, 0.6) is 0 Å². The summed E-state index contributed by atoms with van der Waals surface area (Å²) in [4.78, 5) is 4.02. The largest absolute Gasteiger partial charge is 0.394 e. The zero-order chi connectivity index (χ0) is 14.8. The summed E-state index contributed by atoms with van der Waals surface area (Å²) in [7, 11) is 0. The maximum atomic E-state index is 14.8. The maximum Gasteiger partial charge on any atom is 0.156 e. The molecule has 1 saturated heterocycles. The standard InChI is InChI=1S/C13H18ClFN2O3/c14-9-5-8(11(20)10(19)7-18)6-17-12(9)13(15)1-3-16-4-2-13/h5-6,10-11,16,18-20H,1-4,7H2/t10-,11-/m0/s1. The molecule has 2 atom stereocenters. The molecule has 20 heavy (non-hydrogen) atoms. The molecule has 7 heteroatoms. The number of hydrogen-bond acceptors (Lipinski definition) is 5. The van der Waals surface area contributed by atoms with Crippen LogP contribution in [0.3, 0.4) is 0 Å². The maximum absolute atomic E-state index is 14.8. The van der Waals surface area contributed by atoms with E-state index in [2.05, 4.69) is 10.3 Å². The molecular weight excluding hydrogens is 287 g/mol. The third-order valence-electron chi connectivity index (χ3n) is 3.58. The highest BCUT2D eigenvalue weighted by Crippen LogP contribution is 2.38. The Hall–Kier alpha value is -0.790. The van der Waals surface area contributed by atoms with E-state index < -0.39 is 24.5 Å². The molecule has 0 bridgehead atoms. The van der Waals surface area contributed by atoms with Crippen LogP contribution in [-0.2, 0) is 5.67 Å². The number of aliphatic hydroxyl groups is 3. The number of rotatable bonds is 4. The zero-order valence-corrected chi connectivity index (χ0v) is 11.6. The lowest BCUT2D eigenvalue weighted by molar-refractivity contribution is -0.0154. The summed E-state index contributed by atoms with van der Waals surface area (Å²) < 4.78 is 14.8. The fourth-order valence-corrected chi connectivity index (χ4v) is 2.67. The predicted molar refractivity (Wildman–Crippen MR) is 72.2 cm³/mol. The smallest absolute Gasteiger partial charge is 0.156 e. The van der Waals surface area contributed by atoms with Gasteiger partial charge in [0.2, 0.25) is 0 Å². The van der Waals surface area contributed by atoms with Crippen molar-refractivity contribution in [1.29, 1.82) is 0 Å². The van der Waals surface area contributed by atoms with Gasteiger partial charge >= 0.3 is 0 Å². The molecule has 0 amide bonds. The normalized spacial score (nSPS) is 21.4. The van der Waals surface area contributed by atoms with Crippen LogP contribution in [0.25, 0.3) is 0 Å². The average molecular weight is 305 g/mol. The quantitative estimate of drug-likeness (QED) is 0.657. The van der Waals surface area contributed by atoms with Gasteiger partial charge in [0.25, 0.3) is 0 Å². The summed E-state index contributed by atoms with van der Waals surface area (Å²) in [6, 6.07) is 1.39. The Kier molecular flexibility index (Phi) is 4.93. The molecule has 1 fully saturated rings. The number of nitrogens with zero attached hydrogens (tertiary/aromatic N) is 1. The predicted octanol–water partition coefficient (Wildman–Crippen LogP) is 0.670.